The highest BCUT2D eigenvalue weighted by atomic mass is 35.5. The summed E-state index contributed by atoms with van der Waals surface area (Å²) in [6, 6.07) is 28.0. The standard InChI is InChI=1S/C33H29Cl2N3O4S/c1-3-42-29-15-8-7-12-23(29)20-28(38-32(40)22-10-5-4-6-11-22)33(41)36-24-16-18-25(19-17-24)43-21(2)31(39)37-27-14-9-13-26(34)30(27)35/h4-21H,3H2,1-2H3,(H,36,41)(H,37,39)(H,38,40)/b28-20-. The minimum atomic E-state index is -0.512. The van der Waals surface area contributed by atoms with Crippen LogP contribution >= 0.6 is 35.0 Å². The Hall–Kier alpha value is -4.24. The quantitative estimate of drug-likeness (QED) is 0.115. The lowest BCUT2D eigenvalue weighted by molar-refractivity contribution is -0.115. The summed E-state index contributed by atoms with van der Waals surface area (Å²) in [5, 5.41) is 8.57. The molecule has 10 heteroatoms. The number of carbonyl (C=O) groups excluding carboxylic acids is 3. The van der Waals surface area contributed by atoms with Crippen molar-refractivity contribution in [1.29, 1.82) is 0 Å². The van der Waals surface area contributed by atoms with Gasteiger partial charge in [-0.15, -0.1) is 11.8 Å². The zero-order valence-electron chi connectivity index (χ0n) is 23.4. The lowest BCUT2D eigenvalue weighted by Crippen LogP contribution is -2.30. The molecule has 0 aliphatic carbocycles. The number of carbonyl (C=O) groups is 3. The van der Waals surface area contributed by atoms with E-state index in [9.17, 15) is 14.4 Å². The lowest BCUT2D eigenvalue weighted by atomic mass is 10.1. The number of halogens is 2. The lowest BCUT2D eigenvalue weighted by Gasteiger charge is -2.14. The molecule has 0 fully saturated rings. The zero-order valence-corrected chi connectivity index (χ0v) is 25.7. The third kappa shape index (κ3) is 8.88. The summed E-state index contributed by atoms with van der Waals surface area (Å²) in [5.41, 5.74) is 2.05. The molecule has 0 saturated heterocycles. The molecule has 0 aromatic heterocycles. The number of anilines is 2. The van der Waals surface area contributed by atoms with Gasteiger partial charge in [0.25, 0.3) is 11.8 Å². The highest BCUT2D eigenvalue weighted by molar-refractivity contribution is 8.00. The first kappa shape index (κ1) is 31.7. The van der Waals surface area contributed by atoms with Crippen LogP contribution in [0.4, 0.5) is 11.4 Å². The van der Waals surface area contributed by atoms with Gasteiger partial charge in [0.05, 0.1) is 27.6 Å². The van der Waals surface area contributed by atoms with Gasteiger partial charge in [0, 0.05) is 21.7 Å². The van der Waals surface area contributed by atoms with Gasteiger partial charge >= 0.3 is 0 Å². The number of ether oxygens (including phenoxy) is 1. The molecule has 1 unspecified atom stereocenters. The summed E-state index contributed by atoms with van der Waals surface area (Å²) in [5.74, 6) is -0.583. The molecule has 220 valence electrons. The van der Waals surface area contributed by atoms with Gasteiger partial charge in [0.15, 0.2) is 0 Å². The molecule has 7 nitrogen and oxygen atoms in total. The SMILES string of the molecule is CCOc1ccccc1/C=C(\NC(=O)c1ccccc1)C(=O)Nc1ccc(SC(C)C(=O)Nc2cccc(Cl)c2Cl)cc1. The van der Waals surface area contributed by atoms with Crippen LogP contribution in [0.3, 0.4) is 0 Å². The van der Waals surface area contributed by atoms with Gasteiger partial charge in [-0.05, 0) is 74.5 Å². The van der Waals surface area contributed by atoms with E-state index in [4.69, 9.17) is 27.9 Å². The third-order valence-electron chi connectivity index (χ3n) is 6.05. The fourth-order valence-electron chi connectivity index (χ4n) is 3.89. The maximum atomic E-state index is 13.4. The second-order valence-corrected chi connectivity index (χ2v) is 11.4. The van der Waals surface area contributed by atoms with Crippen LogP contribution in [0.5, 0.6) is 5.75 Å². The van der Waals surface area contributed by atoms with Crippen LogP contribution in [-0.4, -0.2) is 29.6 Å². The highest BCUT2D eigenvalue weighted by Gasteiger charge is 2.18. The molecule has 4 rings (SSSR count). The molecule has 0 spiro atoms. The number of thioether (sulfide) groups is 1. The van der Waals surface area contributed by atoms with E-state index in [0.29, 0.717) is 39.9 Å². The molecule has 0 heterocycles. The Kier molecular flexibility index (Phi) is 11.3. The van der Waals surface area contributed by atoms with E-state index in [1.807, 2.05) is 25.1 Å². The molecular formula is C33H29Cl2N3O4S. The van der Waals surface area contributed by atoms with Crippen molar-refractivity contribution in [3.63, 3.8) is 0 Å². The van der Waals surface area contributed by atoms with E-state index in [1.54, 1.807) is 91.9 Å². The fraction of sp³-hybridized carbons (Fsp3) is 0.121. The fourth-order valence-corrected chi connectivity index (χ4v) is 5.11. The first-order chi connectivity index (χ1) is 20.7. The van der Waals surface area contributed by atoms with Crippen LogP contribution in [-0.2, 0) is 9.59 Å². The van der Waals surface area contributed by atoms with E-state index in [0.717, 1.165) is 4.90 Å². The highest BCUT2D eigenvalue weighted by Crippen LogP contribution is 2.31. The molecule has 0 bridgehead atoms. The van der Waals surface area contributed by atoms with Crippen molar-refractivity contribution in [3.05, 3.63) is 124 Å². The Bertz CT molecular complexity index is 1630. The van der Waals surface area contributed by atoms with E-state index in [1.165, 1.54) is 11.8 Å². The average molecular weight is 635 g/mol. The van der Waals surface area contributed by atoms with Crippen molar-refractivity contribution in [2.75, 3.05) is 17.2 Å². The third-order valence-corrected chi connectivity index (χ3v) is 7.98. The normalized spacial score (nSPS) is 11.8. The average Bonchev–Trinajstić information content (AvgIpc) is 3.01. The number of hydrogen-bond donors (Lipinski definition) is 3. The van der Waals surface area contributed by atoms with E-state index < -0.39 is 17.1 Å². The summed E-state index contributed by atoms with van der Waals surface area (Å²) < 4.78 is 5.70. The van der Waals surface area contributed by atoms with Crippen LogP contribution in [0, 0.1) is 0 Å². The second kappa shape index (κ2) is 15.3. The topological polar surface area (TPSA) is 96.5 Å². The van der Waals surface area contributed by atoms with Crippen molar-refractivity contribution in [3.8, 4) is 5.75 Å². The van der Waals surface area contributed by atoms with E-state index in [-0.39, 0.29) is 16.6 Å². The number of hydrogen-bond acceptors (Lipinski definition) is 5. The van der Waals surface area contributed by atoms with Gasteiger partial charge in [-0.1, -0.05) is 65.7 Å². The van der Waals surface area contributed by atoms with Gasteiger partial charge in [-0.2, -0.15) is 0 Å². The van der Waals surface area contributed by atoms with E-state index >= 15 is 0 Å². The number of amides is 3. The number of rotatable bonds is 11. The van der Waals surface area contributed by atoms with Crippen LogP contribution in [0.1, 0.15) is 29.8 Å². The van der Waals surface area contributed by atoms with Gasteiger partial charge in [0.1, 0.15) is 11.4 Å². The minimum absolute atomic E-state index is 0.0458. The van der Waals surface area contributed by atoms with Crippen molar-refractivity contribution in [2.45, 2.75) is 24.0 Å². The zero-order chi connectivity index (χ0) is 30.8. The van der Waals surface area contributed by atoms with Crippen LogP contribution in [0.15, 0.2) is 108 Å². The summed E-state index contributed by atoms with van der Waals surface area (Å²) in [7, 11) is 0. The number of para-hydroxylation sites is 1. The largest absolute Gasteiger partial charge is 0.493 e. The Morgan fingerprint density at radius 1 is 0.860 bits per heavy atom. The molecular weight excluding hydrogens is 605 g/mol. The Morgan fingerprint density at radius 2 is 1.56 bits per heavy atom. The maximum absolute atomic E-state index is 13.4. The van der Waals surface area contributed by atoms with Gasteiger partial charge in [-0.25, -0.2) is 0 Å². The van der Waals surface area contributed by atoms with Crippen molar-refractivity contribution < 1.29 is 19.1 Å². The van der Waals surface area contributed by atoms with Crippen LogP contribution in [0.2, 0.25) is 10.0 Å². The molecule has 0 aliphatic rings. The van der Waals surface area contributed by atoms with Crippen molar-refractivity contribution in [2.24, 2.45) is 0 Å². The number of benzene rings is 4. The molecule has 1 atom stereocenters. The van der Waals surface area contributed by atoms with Gasteiger partial charge in [0.2, 0.25) is 5.91 Å². The summed E-state index contributed by atoms with van der Waals surface area (Å²) in [4.78, 5) is 39.9. The molecule has 4 aromatic carbocycles. The molecule has 43 heavy (non-hydrogen) atoms. The maximum Gasteiger partial charge on any atom is 0.272 e. The first-order valence-corrected chi connectivity index (χ1v) is 15.0. The molecule has 0 saturated carbocycles. The number of nitrogens with one attached hydrogen (secondary N) is 3. The smallest absolute Gasteiger partial charge is 0.272 e. The van der Waals surface area contributed by atoms with Crippen LogP contribution in [0.25, 0.3) is 6.08 Å². The minimum Gasteiger partial charge on any atom is -0.493 e. The predicted molar refractivity (Wildman–Crippen MR) is 175 cm³/mol. The van der Waals surface area contributed by atoms with Gasteiger partial charge < -0.3 is 20.7 Å². The predicted octanol–water partition coefficient (Wildman–Crippen LogP) is 7.92. The Labute approximate surface area is 264 Å². The second-order valence-electron chi connectivity index (χ2n) is 9.18. The Balaban J connectivity index is 1.47. The first-order valence-electron chi connectivity index (χ1n) is 13.4. The van der Waals surface area contributed by atoms with Gasteiger partial charge in [-0.3, -0.25) is 14.4 Å². The molecule has 3 amide bonds. The Morgan fingerprint density at radius 3 is 2.28 bits per heavy atom. The van der Waals surface area contributed by atoms with Crippen molar-refractivity contribution >= 4 is 70.1 Å². The summed E-state index contributed by atoms with van der Waals surface area (Å²) >= 11 is 13.6. The van der Waals surface area contributed by atoms with E-state index in [2.05, 4.69) is 16.0 Å². The summed E-state index contributed by atoms with van der Waals surface area (Å²) in [6.07, 6.45) is 1.58. The van der Waals surface area contributed by atoms with Crippen molar-refractivity contribution in [1.82, 2.24) is 5.32 Å². The molecule has 3 N–H and O–H groups in total. The molecule has 0 aliphatic heterocycles. The molecule has 0 radical (unpaired) electrons. The summed E-state index contributed by atoms with van der Waals surface area (Å²) in [6.45, 7) is 4.10. The van der Waals surface area contributed by atoms with Crippen LogP contribution < -0.4 is 20.7 Å². The monoisotopic (exact) mass is 633 g/mol. The molecule has 4 aromatic rings.